The third-order valence-electron chi connectivity index (χ3n) is 2.44. The first-order valence-corrected chi connectivity index (χ1v) is 7.16. The van der Waals surface area contributed by atoms with Crippen molar-refractivity contribution in [3.63, 3.8) is 0 Å². The zero-order chi connectivity index (χ0) is 12.7. The van der Waals surface area contributed by atoms with E-state index in [1.807, 2.05) is 31.2 Å². The van der Waals surface area contributed by atoms with Gasteiger partial charge in [0.25, 0.3) is 0 Å². The van der Waals surface area contributed by atoms with Gasteiger partial charge in [-0.2, -0.15) is 0 Å². The van der Waals surface area contributed by atoms with E-state index < -0.39 is 0 Å². The third-order valence-corrected chi connectivity index (χ3v) is 3.96. The first-order chi connectivity index (χ1) is 8.13. The third kappa shape index (κ3) is 5.46. The summed E-state index contributed by atoms with van der Waals surface area (Å²) < 4.78 is 0. The van der Waals surface area contributed by atoms with Crippen LogP contribution in [0.3, 0.4) is 0 Å². The Balaban J connectivity index is 2.29. The van der Waals surface area contributed by atoms with Crippen LogP contribution in [-0.2, 0) is 4.79 Å². The highest BCUT2D eigenvalue weighted by Gasteiger charge is 2.06. The molecule has 1 unspecified atom stereocenters. The van der Waals surface area contributed by atoms with E-state index in [4.69, 9.17) is 11.6 Å². The van der Waals surface area contributed by atoms with Crippen molar-refractivity contribution in [3.8, 4) is 0 Å². The lowest BCUT2D eigenvalue weighted by atomic mass is 10.2. The van der Waals surface area contributed by atoms with Crippen LogP contribution in [0.2, 0.25) is 5.02 Å². The summed E-state index contributed by atoms with van der Waals surface area (Å²) in [6.07, 6.45) is 1.49. The molecule has 0 aromatic heterocycles. The molecule has 0 spiro atoms. The minimum absolute atomic E-state index is 0.110. The molecule has 1 amide bonds. The molecule has 0 radical (unpaired) electrons. The predicted molar refractivity (Wildman–Crippen MR) is 74.7 cm³/mol. The Morgan fingerprint density at radius 1 is 1.47 bits per heavy atom. The van der Waals surface area contributed by atoms with E-state index >= 15 is 0 Å². The quantitative estimate of drug-likeness (QED) is 0.799. The van der Waals surface area contributed by atoms with Gasteiger partial charge in [0.1, 0.15) is 0 Å². The molecule has 1 atom stereocenters. The van der Waals surface area contributed by atoms with Gasteiger partial charge in [0, 0.05) is 23.1 Å². The van der Waals surface area contributed by atoms with Gasteiger partial charge < -0.3 is 5.32 Å². The van der Waals surface area contributed by atoms with Gasteiger partial charge in [-0.25, -0.2) is 0 Å². The average molecular weight is 272 g/mol. The van der Waals surface area contributed by atoms with Crippen molar-refractivity contribution in [1.82, 2.24) is 5.32 Å². The Kier molecular flexibility index (Phi) is 6.45. The SMILES string of the molecule is CCC(C)NC(=O)CCSc1ccccc1Cl. The van der Waals surface area contributed by atoms with Gasteiger partial charge in [0.05, 0.1) is 5.02 Å². The molecule has 1 aromatic carbocycles. The fourth-order valence-corrected chi connectivity index (χ4v) is 2.45. The molecule has 2 nitrogen and oxygen atoms in total. The second kappa shape index (κ2) is 7.62. The molecule has 0 aliphatic heterocycles. The highest BCUT2D eigenvalue weighted by atomic mass is 35.5. The molecule has 1 aromatic rings. The standard InChI is InChI=1S/C13H18ClNOS/c1-3-10(2)15-13(16)8-9-17-12-7-5-4-6-11(12)14/h4-7,10H,3,8-9H2,1-2H3,(H,15,16). The molecule has 4 heteroatoms. The molecular weight excluding hydrogens is 254 g/mol. The Labute approximate surface area is 112 Å². The van der Waals surface area contributed by atoms with Crippen molar-refractivity contribution in [3.05, 3.63) is 29.3 Å². The molecule has 17 heavy (non-hydrogen) atoms. The van der Waals surface area contributed by atoms with Crippen LogP contribution < -0.4 is 5.32 Å². The summed E-state index contributed by atoms with van der Waals surface area (Å²) in [4.78, 5) is 12.6. The van der Waals surface area contributed by atoms with Crippen molar-refractivity contribution in [1.29, 1.82) is 0 Å². The molecule has 0 saturated heterocycles. The summed E-state index contributed by atoms with van der Waals surface area (Å²) in [5.74, 6) is 0.866. The summed E-state index contributed by atoms with van der Waals surface area (Å²) in [5.41, 5.74) is 0. The summed E-state index contributed by atoms with van der Waals surface area (Å²) in [6, 6.07) is 7.95. The minimum atomic E-state index is 0.110. The highest BCUT2D eigenvalue weighted by molar-refractivity contribution is 7.99. The molecular formula is C13H18ClNOS. The van der Waals surface area contributed by atoms with Crippen LogP contribution >= 0.6 is 23.4 Å². The van der Waals surface area contributed by atoms with E-state index in [2.05, 4.69) is 12.2 Å². The fourth-order valence-electron chi connectivity index (χ4n) is 1.26. The molecule has 94 valence electrons. The van der Waals surface area contributed by atoms with Crippen molar-refractivity contribution < 1.29 is 4.79 Å². The molecule has 1 rings (SSSR count). The molecule has 0 heterocycles. The highest BCUT2D eigenvalue weighted by Crippen LogP contribution is 2.26. The molecule has 0 saturated carbocycles. The predicted octanol–water partition coefficient (Wildman–Crippen LogP) is 3.74. The number of hydrogen-bond acceptors (Lipinski definition) is 2. The van der Waals surface area contributed by atoms with Crippen molar-refractivity contribution >= 4 is 29.3 Å². The first kappa shape index (κ1) is 14.4. The average Bonchev–Trinajstić information content (AvgIpc) is 2.31. The number of hydrogen-bond donors (Lipinski definition) is 1. The van der Waals surface area contributed by atoms with E-state index in [0.29, 0.717) is 6.42 Å². The maximum absolute atomic E-state index is 11.5. The molecule has 0 aliphatic rings. The number of halogens is 1. The van der Waals surface area contributed by atoms with E-state index in [9.17, 15) is 4.79 Å². The van der Waals surface area contributed by atoms with Crippen LogP contribution in [0.1, 0.15) is 26.7 Å². The van der Waals surface area contributed by atoms with Gasteiger partial charge >= 0.3 is 0 Å². The number of carbonyl (C=O) groups is 1. The van der Waals surface area contributed by atoms with Gasteiger partial charge in [-0.1, -0.05) is 30.7 Å². The van der Waals surface area contributed by atoms with E-state index in [0.717, 1.165) is 22.1 Å². The van der Waals surface area contributed by atoms with Crippen molar-refractivity contribution in [2.24, 2.45) is 0 Å². The Bertz CT molecular complexity index is 370. The van der Waals surface area contributed by atoms with Crippen LogP contribution in [0, 0.1) is 0 Å². The van der Waals surface area contributed by atoms with Crippen molar-refractivity contribution in [2.75, 3.05) is 5.75 Å². The molecule has 0 fully saturated rings. The lowest BCUT2D eigenvalue weighted by Crippen LogP contribution is -2.32. The van der Waals surface area contributed by atoms with E-state index in [1.54, 1.807) is 11.8 Å². The molecule has 0 aliphatic carbocycles. The minimum Gasteiger partial charge on any atom is -0.354 e. The summed E-state index contributed by atoms with van der Waals surface area (Å²) in [5, 5.41) is 3.70. The first-order valence-electron chi connectivity index (χ1n) is 5.80. The molecule has 0 bridgehead atoms. The number of nitrogens with one attached hydrogen (secondary N) is 1. The largest absolute Gasteiger partial charge is 0.354 e. The molecule has 1 N–H and O–H groups in total. The normalized spacial score (nSPS) is 12.2. The van der Waals surface area contributed by atoms with Gasteiger partial charge in [-0.15, -0.1) is 11.8 Å². The fraction of sp³-hybridized carbons (Fsp3) is 0.462. The smallest absolute Gasteiger partial charge is 0.221 e. The maximum atomic E-state index is 11.5. The topological polar surface area (TPSA) is 29.1 Å². The van der Waals surface area contributed by atoms with Crippen LogP contribution in [0.5, 0.6) is 0 Å². The van der Waals surface area contributed by atoms with Crippen LogP contribution in [0.4, 0.5) is 0 Å². The van der Waals surface area contributed by atoms with Gasteiger partial charge in [-0.3, -0.25) is 4.79 Å². The number of thioether (sulfide) groups is 1. The van der Waals surface area contributed by atoms with Crippen LogP contribution in [0.15, 0.2) is 29.2 Å². The Hall–Kier alpha value is -0.670. The lowest BCUT2D eigenvalue weighted by molar-refractivity contribution is -0.121. The van der Waals surface area contributed by atoms with Gasteiger partial charge in [0.15, 0.2) is 0 Å². The monoisotopic (exact) mass is 271 g/mol. The van der Waals surface area contributed by atoms with E-state index in [1.165, 1.54) is 0 Å². The van der Waals surface area contributed by atoms with E-state index in [-0.39, 0.29) is 11.9 Å². The second-order valence-corrected chi connectivity index (χ2v) is 5.45. The zero-order valence-corrected chi connectivity index (χ0v) is 11.8. The number of benzene rings is 1. The zero-order valence-electron chi connectivity index (χ0n) is 10.2. The van der Waals surface area contributed by atoms with Crippen LogP contribution in [0.25, 0.3) is 0 Å². The Morgan fingerprint density at radius 3 is 2.82 bits per heavy atom. The number of amides is 1. The van der Waals surface area contributed by atoms with Gasteiger partial charge in [0.2, 0.25) is 5.91 Å². The summed E-state index contributed by atoms with van der Waals surface area (Å²) in [6.45, 7) is 4.07. The summed E-state index contributed by atoms with van der Waals surface area (Å²) >= 11 is 7.64. The van der Waals surface area contributed by atoms with Gasteiger partial charge in [-0.05, 0) is 25.5 Å². The summed E-state index contributed by atoms with van der Waals surface area (Å²) in [7, 11) is 0. The number of rotatable bonds is 6. The Morgan fingerprint density at radius 2 is 2.18 bits per heavy atom. The lowest BCUT2D eigenvalue weighted by Gasteiger charge is -2.11. The second-order valence-electron chi connectivity index (χ2n) is 3.91. The van der Waals surface area contributed by atoms with Crippen molar-refractivity contribution in [2.45, 2.75) is 37.6 Å². The van der Waals surface area contributed by atoms with Crippen LogP contribution in [-0.4, -0.2) is 17.7 Å². The maximum Gasteiger partial charge on any atom is 0.221 e. The number of carbonyl (C=O) groups excluding carboxylic acids is 1.